The lowest BCUT2D eigenvalue weighted by atomic mass is 9.66. The van der Waals surface area contributed by atoms with Crippen LogP contribution in [0.4, 0.5) is 0 Å². The van der Waals surface area contributed by atoms with E-state index in [9.17, 15) is 5.11 Å². The second-order valence-corrected chi connectivity index (χ2v) is 6.66. The highest BCUT2D eigenvalue weighted by Gasteiger charge is 2.39. The number of hydrogen-bond donors (Lipinski definition) is 1. The topological polar surface area (TPSA) is 38.0 Å². The summed E-state index contributed by atoms with van der Waals surface area (Å²) in [6, 6.07) is 0.346. The summed E-state index contributed by atoms with van der Waals surface area (Å²) in [5, 5.41) is 14.6. The summed E-state index contributed by atoms with van der Waals surface area (Å²) in [5.74, 6) is 0.602. The van der Waals surface area contributed by atoms with E-state index >= 15 is 0 Å². The van der Waals surface area contributed by atoms with Crippen LogP contribution in [0.2, 0.25) is 0 Å². The average Bonchev–Trinajstić information content (AvgIpc) is 2.87. The van der Waals surface area contributed by atoms with Crippen molar-refractivity contribution in [1.82, 2.24) is 9.78 Å². The van der Waals surface area contributed by atoms with Crippen molar-refractivity contribution in [2.75, 3.05) is 0 Å². The molecule has 19 heavy (non-hydrogen) atoms. The summed E-state index contributed by atoms with van der Waals surface area (Å²) >= 11 is 0. The normalized spacial score (nSPS) is 28.6. The van der Waals surface area contributed by atoms with Gasteiger partial charge in [0.15, 0.2) is 0 Å². The molecule has 0 spiro atoms. The zero-order valence-corrected chi connectivity index (χ0v) is 12.8. The first-order valence-electron chi connectivity index (χ1n) is 7.69. The number of rotatable bonds is 4. The van der Waals surface area contributed by atoms with E-state index in [0.29, 0.717) is 17.4 Å². The van der Waals surface area contributed by atoms with Gasteiger partial charge in [-0.25, -0.2) is 0 Å². The molecule has 1 aliphatic rings. The molecule has 1 aromatic rings. The third-order valence-electron chi connectivity index (χ3n) is 5.11. The largest absolute Gasteiger partial charge is 0.393 e. The van der Waals surface area contributed by atoms with Crippen LogP contribution >= 0.6 is 0 Å². The van der Waals surface area contributed by atoms with Crippen LogP contribution in [0.5, 0.6) is 0 Å². The van der Waals surface area contributed by atoms with E-state index in [1.807, 2.05) is 6.20 Å². The van der Waals surface area contributed by atoms with E-state index in [4.69, 9.17) is 0 Å². The molecule has 1 heterocycles. The predicted molar refractivity (Wildman–Crippen MR) is 78.1 cm³/mol. The Morgan fingerprint density at radius 1 is 1.37 bits per heavy atom. The van der Waals surface area contributed by atoms with Gasteiger partial charge in [-0.05, 0) is 42.6 Å². The van der Waals surface area contributed by atoms with Crippen molar-refractivity contribution >= 4 is 0 Å². The molecule has 3 nitrogen and oxygen atoms in total. The standard InChI is InChI=1S/C16H28N2O/c1-5-12-10-17-18(11-12)15-9-13(19)7-8-14(15)16(3,4)6-2/h10-11,13-15,19H,5-9H2,1-4H3. The summed E-state index contributed by atoms with van der Waals surface area (Å²) < 4.78 is 2.11. The van der Waals surface area contributed by atoms with Crippen molar-refractivity contribution in [3.63, 3.8) is 0 Å². The Kier molecular flexibility index (Phi) is 4.34. The second-order valence-electron chi connectivity index (χ2n) is 6.66. The van der Waals surface area contributed by atoms with Gasteiger partial charge in [-0.15, -0.1) is 0 Å². The second kappa shape index (κ2) is 5.66. The molecule has 3 unspecified atom stereocenters. The van der Waals surface area contributed by atoms with E-state index in [-0.39, 0.29) is 6.10 Å². The number of nitrogens with zero attached hydrogens (tertiary/aromatic N) is 2. The minimum atomic E-state index is -0.164. The molecule has 2 rings (SSSR count). The first-order valence-corrected chi connectivity index (χ1v) is 7.69. The molecule has 3 heteroatoms. The van der Waals surface area contributed by atoms with Crippen LogP contribution in [0.15, 0.2) is 12.4 Å². The minimum absolute atomic E-state index is 0.164. The molecule has 0 saturated heterocycles. The first-order chi connectivity index (χ1) is 8.97. The molecule has 0 aromatic carbocycles. The van der Waals surface area contributed by atoms with Gasteiger partial charge in [0, 0.05) is 6.20 Å². The zero-order valence-electron chi connectivity index (χ0n) is 12.8. The minimum Gasteiger partial charge on any atom is -0.393 e. The van der Waals surface area contributed by atoms with Crippen molar-refractivity contribution in [1.29, 1.82) is 0 Å². The van der Waals surface area contributed by atoms with E-state index in [1.54, 1.807) is 0 Å². The predicted octanol–water partition coefficient (Wildman–Crippen LogP) is 3.58. The first kappa shape index (κ1) is 14.6. The van der Waals surface area contributed by atoms with Crippen LogP contribution in [0.25, 0.3) is 0 Å². The highest BCUT2D eigenvalue weighted by molar-refractivity contribution is 5.05. The number of aliphatic hydroxyl groups excluding tert-OH is 1. The van der Waals surface area contributed by atoms with E-state index in [0.717, 1.165) is 25.7 Å². The van der Waals surface area contributed by atoms with Crippen LogP contribution in [0.1, 0.15) is 65.0 Å². The smallest absolute Gasteiger partial charge is 0.0577 e. The Labute approximate surface area is 117 Å². The third kappa shape index (κ3) is 3.02. The quantitative estimate of drug-likeness (QED) is 0.902. The molecule has 0 amide bonds. The van der Waals surface area contributed by atoms with Crippen molar-refractivity contribution in [2.24, 2.45) is 11.3 Å². The molecule has 1 fully saturated rings. The maximum absolute atomic E-state index is 10.0. The number of aryl methyl sites for hydroxylation is 1. The molecule has 1 saturated carbocycles. The molecule has 1 N–H and O–H groups in total. The fraction of sp³-hybridized carbons (Fsp3) is 0.812. The van der Waals surface area contributed by atoms with E-state index in [2.05, 4.69) is 43.7 Å². The van der Waals surface area contributed by atoms with Crippen molar-refractivity contribution in [2.45, 2.75) is 71.9 Å². The van der Waals surface area contributed by atoms with Gasteiger partial charge in [-0.1, -0.05) is 34.1 Å². The Bertz CT molecular complexity index is 411. The fourth-order valence-electron chi connectivity index (χ4n) is 3.33. The zero-order chi connectivity index (χ0) is 14.0. The van der Waals surface area contributed by atoms with Crippen LogP contribution in [-0.2, 0) is 6.42 Å². The average molecular weight is 264 g/mol. The van der Waals surface area contributed by atoms with Crippen molar-refractivity contribution < 1.29 is 5.11 Å². The SMILES string of the molecule is CCc1cnn(C2CC(O)CCC2C(C)(C)CC)c1. The molecule has 108 valence electrons. The number of aromatic nitrogens is 2. The van der Waals surface area contributed by atoms with Gasteiger partial charge < -0.3 is 5.11 Å². The summed E-state index contributed by atoms with van der Waals surface area (Å²) in [7, 11) is 0. The van der Waals surface area contributed by atoms with E-state index < -0.39 is 0 Å². The summed E-state index contributed by atoms with van der Waals surface area (Å²) in [4.78, 5) is 0. The van der Waals surface area contributed by atoms with Crippen LogP contribution in [0, 0.1) is 11.3 Å². The molecule has 0 aliphatic heterocycles. The fourth-order valence-corrected chi connectivity index (χ4v) is 3.33. The summed E-state index contributed by atoms with van der Waals surface area (Å²) in [6.07, 6.45) is 9.06. The Morgan fingerprint density at radius 3 is 2.68 bits per heavy atom. The number of hydrogen-bond acceptors (Lipinski definition) is 2. The van der Waals surface area contributed by atoms with Gasteiger partial charge in [0.25, 0.3) is 0 Å². The Balaban J connectivity index is 2.26. The molecule has 0 radical (unpaired) electrons. The molecular weight excluding hydrogens is 236 g/mol. The highest BCUT2D eigenvalue weighted by atomic mass is 16.3. The van der Waals surface area contributed by atoms with Crippen molar-refractivity contribution in [3.05, 3.63) is 18.0 Å². The Morgan fingerprint density at radius 2 is 2.11 bits per heavy atom. The lowest BCUT2D eigenvalue weighted by molar-refractivity contribution is 0.0171. The van der Waals surface area contributed by atoms with Crippen LogP contribution < -0.4 is 0 Å². The molecule has 1 aliphatic carbocycles. The summed E-state index contributed by atoms with van der Waals surface area (Å²) in [6.45, 7) is 9.13. The lowest BCUT2D eigenvalue weighted by Crippen LogP contribution is -2.38. The molecular formula is C16H28N2O. The monoisotopic (exact) mass is 264 g/mol. The van der Waals surface area contributed by atoms with Gasteiger partial charge in [-0.3, -0.25) is 4.68 Å². The lowest BCUT2D eigenvalue weighted by Gasteiger charge is -2.43. The van der Waals surface area contributed by atoms with Gasteiger partial charge in [0.1, 0.15) is 0 Å². The maximum atomic E-state index is 10.0. The van der Waals surface area contributed by atoms with Gasteiger partial charge >= 0.3 is 0 Å². The molecule has 0 bridgehead atoms. The van der Waals surface area contributed by atoms with Gasteiger partial charge in [0.05, 0.1) is 18.3 Å². The van der Waals surface area contributed by atoms with Gasteiger partial charge in [-0.2, -0.15) is 5.10 Å². The van der Waals surface area contributed by atoms with Crippen molar-refractivity contribution in [3.8, 4) is 0 Å². The van der Waals surface area contributed by atoms with Gasteiger partial charge in [0.2, 0.25) is 0 Å². The summed E-state index contributed by atoms with van der Waals surface area (Å²) in [5.41, 5.74) is 1.59. The highest BCUT2D eigenvalue weighted by Crippen LogP contribution is 2.46. The Hall–Kier alpha value is -0.830. The third-order valence-corrected chi connectivity index (χ3v) is 5.11. The number of aliphatic hydroxyl groups is 1. The van der Waals surface area contributed by atoms with Crippen LogP contribution in [-0.4, -0.2) is 21.0 Å². The maximum Gasteiger partial charge on any atom is 0.0577 e. The molecule has 3 atom stereocenters. The molecule has 1 aromatic heterocycles. The van der Waals surface area contributed by atoms with Crippen LogP contribution in [0.3, 0.4) is 0 Å². The van der Waals surface area contributed by atoms with E-state index in [1.165, 1.54) is 12.0 Å².